The summed E-state index contributed by atoms with van der Waals surface area (Å²) in [6.07, 6.45) is -4.64. The van der Waals surface area contributed by atoms with Crippen LogP contribution in [-0.2, 0) is 30.4 Å². The molecular weight excluding hydrogens is 441 g/mol. The normalized spacial score (nSPS) is 20.9. The Morgan fingerprint density at radius 3 is 2.45 bits per heavy atom. The Labute approximate surface area is 175 Å². The first-order valence-electron chi connectivity index (χ1n) is 9.26. The molecule has 1 aromatic rings. The number of carbonyl (C=O) groups is 3. The second-order valence-electron chi connectivity index (χ2n) is 7.24. The van der Waals surface area contributed by atoms with Crippen LogP contribution < -0.4 is 10.6 Å². The minimum Gasteiger partial charge on any atom is -0.325 e. The largest absolute Gasteiger partial charge is 0.416 e. The molecule has 1 atom stereocenters. The van der Waals surface area contributed by atoms with Crippen LogP contribution in [0.5, 0.6) is 0 Å². The zero-order valence-corrected chi connectivity index (χ0v) is 17.1. The van der Waals surface area contributed by atoms with Crippen molar-refractivity contribution >= 4 is 44.6 Å². The Kier molecular flexibility index (Phi) is 6.07. The van der Waals surface area contributed by atoms with E-state index in [0.717, 1.165) is 24.1 Å². The first kappa shape index (κ1) is 22.7. The quantitative estimate of drug-likeness (QED) is 0.709. The molecule has 13 heteroatoms. The van der Waals surface area contributed by atoms with Gasteiger partial charge < -0.3 is 10.6 Å². The van der Waals surface area contributed by atoms with Crippen molar-refractivity contribution in [3.05, 3.63) is 23.8 Å². The molecule has 2 aliphatic heterocycles. The Morgan fingerprint density at radius 1 is 1.16 bits per heavy atom. The number of rotatable bonds is 4. The van der Waals surface area contributed by atoms with Crippen molar-refractivity contribution in [3.63, 3.8) is 0 Å². The van der Waals surface area contributed by atoms with Crippen LogP contribution in [-0.4, -0.2) is 54.4 Å². The van der Waals surface area contributed by atoms with Crippen molar-refractivity contribution in [3.8, 4) is 0 Å². The van der Waals surface area contributed by atoms with Crippen LogP contribution in [0.25, 0.3) is 0 Å². The van der Waals surface area contributed by atoms with E-state index in [1.807, 2.05) is 0 Å². The van der Waals surface area contributed by atoms with Crippen molar-refractivity contribution in [1.29, 1.82) is 0 Å². The molecular formula is C18H19F3N4O5S. The highest BCUT2D eigenvalue weighted by atomic mass is 32.2. The van der Waals surface area contributed by atoms with Crippen molar-refractivity contribution in [2.24, 2.45) is 5.10 Å². The summed E-state index contributed by atoms with van der Waals surface area (Å²) >= 11 is 0. The molecule has 0 aromatic heterocycles. The monoisotopic (exact) mass is 460 g/mol. The number of sulfone groups is 1. The minimum atomic E-state index is -4.67. The summed E-state index contributed by atoms with van der Waals surface area (Å²) in [7, 11) is -3.30. The molecule has 0 bridgehead atoms. The summed E-state index contributed by atoms with van der Waals surface area (Å²) < 4.78 is 62.6. The number of nitrogens with zero attached hydrogens (tertiary/aromatic N) is 2. The summed E-state index contributed by atoms with van der Waals surface area (Å²) in [6.45, 7) is 1.16. The number of carbonyl (C=O) groups excluding carboxylic acids is 3. The molecule has 3 amide bonds. The van der Waals surface area contributed by atoms with Gasteiger partial charge in [-0.15, -0.1) is 0 Å². The zero-order valence-electron chi connectivity index (χ0n) is 16.3. The Bertz CT molecular complexity index is 1070. The summed E-state index contributed by atoms with van der Waals surface area (Å²) in [5.41, 5.74) is -1.49. The van der Waals surface area contributed by atoms with Gasteiger partial charge in [0.05, 0.1) is 34.5 Å². The topological polar surface area (TPSA) is 125 Å². The second-order valence-corrected chi connectivity index (χ2v) is 9.46. The van der Waals surface area contributed by atoms with Gasteiger partial charge in [-0.1, -0.05) is 0 Å². The average molecular weight is 460 g/mol. The highest BCUT2D eigenvalue weighted by molar-refractivity contribution is 7.91. The zero-order chi connectivity index (χ0) is 23.0. The highest BCUT2D eigenvalue weighted by Gasteiger charge is 2.37. The van der Waals surface area contributed by atoms with E-state index in [9.17, 15) is 36.0 Å². The lowest BCUT2D eigenvalue weighted by Gasteiger charge is -2.27. The van der Waals surface area contributed by atoms with E-state index >= 15 is 0 Å². The van der Waals surface area contributed by atoms with Crippen molar-refractivity contribution in [1.82, 2.24) is 5.01 Å². The van der Waals surface area contributed by atoms with Gasteiger partial charge >= 0.3 is 6.18 Å². The third-order valence-corrected chi connectivity index (χ3v) is 6.53. The fourth-order valence-corrected chi connectivity index (χ4v) is 5.00. The fraction of sp³-hybridized carbons (Fsp3) is 0.444. The van der Waals surface area contributed by atoms with E-state index in [1.165, 1.54) is 0 Å². The van der Waals surface area contributed by atoms with Gasteiger partial charge in [0, 0.05) is 19.8 Å². The van der Waals surface area contributed by atoms with Gasteiger partial charge in [-0.05, 0) is 24.6 Å². The van der Waals surface area contributed by atoms with Gasteiger partial charge in [0.2, 0.25) is 11.8 Å². The molecule has 0 radical (unpaired) electrons. The molecule has 1 unspecified atom stereocenters. The van der Waals surface area contributed by atoms with E-state index in [0.29, 0.717) is 6.07 Å². The van der Waals surface area contributed by atoms with E-state index in [1.54, 1.807) is 0 Å². The molecule has 0 saturated carbocycles. The summed E-state index contributed by atoms with van der Waals surface area (Å²) in [5.74, 6) is -2.20. The number of nitrogens with one attached hydrogen (secondary N) is 2. The molecule has 0 spiro atoms. The van der Waals surface area contributed by atoms with Crippen LogP contribution in [0.3, 0.4) is 0 Å². The molecule has 0 aliphatic carbocycles. The Morgan fingerprint density at radius 2 is 1.87 bits per heavy atom. The van der Waals surface area contributed by atoms with Gasteiger partial charge in [-0.3, -0.25) is 14.4 Å². The molecule has 1 saturated heterocycles. The van der Waals surface area contributed by atoms with Crippen molar-refractivity contribution in [2.45, 2.75) is 38.4 Å². The fourth-order valence-electron chi connectivity index (χ4n) is 3.31. The predicted molar refractivity (Wildman–Crippen MR) is 105 cm³/mol. The molecule has 3 rings (SSSR count). The van der Waals surface area contributed by atoms with Gasteiger partial charge in [-0.25, -0.2) is 13.4 Å². The lowest BCUT2D eigenvalue weighted by molar-refractivity contribution is -0.137. The Hall–Kier alpha value is -2.96. The third-order valence-electron chi connectivity index (χ3n) is 4.78. The molecule has 1 fully saturated rings. The molecule has 168 valence electrons. The maximum absolute atomic E-state index is 13.1. The molecule has 9 nitrogen and oxygen atoms in total. The van der Waals surface area contributed by atoms with Crippen LogP contribution in [0.1, 0.15) is 31.7 Å². The number of amides is 3. The number of benzene rings is 1. The molecule has 2 heterocycles. The second kappa shape index (κ2) is 8.29. The van der Waals surface area contributed by atoms with Crippen LogP contribution >= 0.6 is 0 Å². The van der Waals surface area contributed by atoms with Crippen LogP contribution in [0.15, 0.2) is 23.3 Å². The van der Waals surface area contributed by atoms with Gasteiger partial charge in [0.1, 0.15) is 5.71 Å². The number of halogens is 3. The Balaban J connectivity index is 1.86. The molecule has 2 aliphatic rings. The number of alkyl halides is 3. The number of anilines is 2. The smallest absolute Gasteiger partial charge is 0.325 e. The first-order chi connectivity index (χ1) is 14.4. The van der Waals surface area contributed by atoms with E-state index in [2.05, 4.69) is 15.7 Å². The lowest BCUT2D eigenvalue weighted by atomic mass is 10.1. The lowest BCUT2D eigenvalue weighted by Crippen LogP contribution is -2.42. The SMILES string of the molecule is CC(=O)Nc1ccc(C(F)(F)F)cc1NC(=O)C1=NN(C2CCS(=O)(=O)C2)C(=O)CC1. The summed E-state index contributed by atoms with van der Waals surface area (Å²) in [5, 5.41) is 9.60. The minimum absolute atomic E-state index is 0.0416. The standard InChI is InChI=1S/C18H19F3N4O5S/c1-10(26)22-13-3-2-11(18(19,20)21)8-15(13)23-17(28)14-4-5-16(27)25(24-14)12-6-7-31(29,30)9-12/h2-3,8,12H,4-7,9H2,1H3,(H,22,26)(H,23,28). The van der Waals surface area contributed by atoms with Gasteiger partial charge in [0.25, 0.3) is 5.91 Å². The van der Waals surface area contributed by atoms with E-state index < -0.39 is 45.3 Å². The van der Waals surface area contributed by atoms with Gasteiger partial charge in [-0.2, -0.15) is 18.3 Å². The number of hydrazone groups is 1. The maximum atomic E-state index is 13.1. The average Bonchev–Trinajstić information content (AvgIpc) is 3.01. The van der Waals surface area contributed by atoms with Crippen molar-refractivity contribution < 1.29 is 36.0 Å². The third kappa shape index (κ3) is 5.40. The van der Waals surface area contributed by atoms with Crippen molar-refractivity contribution in [2.75, 3.05) is 22.1 Å². The predicted octanol–water partition coefficient (Wildman–Crippen LogP) is 1.77. The molecule has 2 N–H and O–H groups in total. The molecule has 1 aromatic carbocycles. The number of hydrogen-bond acceptors (Lipinski definition) is 6. The molecule has 31 heavy (non-hydrogen) atoms. The van der Waals surface area contributed by atoms with Gasteiger partial charge in [0.15, 0.2) is 9.84 Å². The van der Waals surface area contributed by atoms with Crippen LogP contribution in [0, 0.1) is 0 Å². The summed E-state index contributed by atoms with van der Waals surface area (Å²) in [4.78, 5) is 36.2. The first-order valence-corrected chi connectivity index (χ1v) is 11.1. The highest BCUT2D eigenvalue weighted by Crippen LogP contribution is 2.34. The number of hydrogen-bond donors (Lipinski definition) is 2. The van der Waals surface area contributed by atoms with E-state index in [-0.39, 0.29) is 47.9 Å². The maximum Gasteiger partial charge on any atom is 0.416 e. The summed E-state index contributed by atoms with van der Waals surface area (Å²) in [6, 6.07) is 1.77. The van der Waals surface area contributed by atoms with Crippen LogP contribution in [0.2, 0.25) is 0 Å². The van der Waals surface area contributed by atoms with E-state index in [4.69, 9.17) is 0 Å². The van der Waals surface area contributed by atoms with Crippen LogP contribution in [0.4, 0.5) is 24.5 Å².